The van der Waals surface area contributed by atoms with Gasteiger partial charge in [-0.3, -0.25) is 19.2 Å². The summed E-state index contributed by atoms with van der Waals surface area (Å²) in [5.74, 6) is -6.25. The van der Waals surface area contributed by atoms with Crippen LogP contribution in [-0.2, 0) is 23.9 Å². The molecule has 0 aromatic heterocycles. The summed E-state index contributed by atoms with van der Waals surface area (Å²) in [5, 5.41) is 7.57. The largest absolute Gasteiger partial charge is 0.453 e. The fraction of sp³-hybridized carbons (Fsp3) is 0.808. The number of rotatable bonds is 10. The van der Waals surface area contributed by atoms with E-state index in [-0.39, 0.29) is 24.4 Å². The molecule has 10 nitrogen and oxygen atoms in total. The summed E-state index contributed by atoms with van der Waals surface area (Å²) in [5.41, 5.74) is -1.08. The minimum absolute atomic E-state index is 0.124. The lowest BCUT2D eigenvalue weighted by Crippen LogP contribution is -2.63. The number of nitrogens with one attached hydrogen (secondary N) is 3. The maximum atomic E-state index is 13.8. The molecule has 12 heteroatoms. The molecule has 3 N–H and O–H groups in total. The Morgan fingerprint density at radius 2 is 1.63 bits per heavy atom. The second-order valence-electron chi connectivity index (χ2n) is 12.4. The van der Waals surface area contributed by atoms with Gasteiger partial charge < -0.3 is 25.6 Å². The molecule has 0 spiro atoms. The number of hydrogen-bond donors (Lipinski definition) is 3. The highest BCUT2D eigenvalue weighted by Crippen LogP contribution is 2.34. The maximum Gasteiger partial charge on any atom is 0.407 e. The average Bonchev–Trinajstić information content (AvgIpc) is 3.60. The number of Topliss-reactive ketones (excluding diaryl/α,β-unsaturated/α-hetero) is 1. The van der Waals surface area contributed by atoms with Crippen LogP contribution >= 0.6 is 0 Å². The first-order valence-electron chi connectivity index (χ1n) is 13.0. The van der Waals surface area contributed by atoms with Crippen molar-refractivity contribution in [3.63, 3.8) is 0 Å². The molecule has 0 aromatic carbocycles. The molecule has 1 unspecified atom stereocenters. The first-order chi connectivity index (χ1) is 17.3. The summed E-state index contributed by atoms with van der Waals surface area (Å²) in [6.45, 7) is 10.0. The first-order valence-corrected chi connectivity index (χ1v) is 13.0. The number of amides is 4. The molecule has 2 rings (SSSR count). The minimum Gasteiger partial charge on any atom is -0.453 e. The fourth-order valence-corrected chi connectivity index (χ4v) is 4.41. The van der Waals surface area contributed by atoms with Crippen molar-refractivity contribution in [2.75, 3.05) is 13.7 Å². The summed E-state index contributed by atoms with van der Waals surface area (Å²) >= 11 is 0. The molecule has 38 heavy (non-hydrogen) atoms. The van der Waals surface area contributed by atoms with Crippen LogP contribution in [0.2, 0.25) is 0 Å². The topological polar surface area (TPSA) is 134 Å². The molecule has 1 aliphatic heterocycles. The molecule has 1 saturated heterocycles. The summed E-state index contributed by atoms with van der Waals surface area (Å²) < 4.78 is 31.9. The van der Waals surface area contributed by atoms with Gasteiger partial charge in [-0.15, -0.1) is 0 Å². The van der Waals surface area contributed by atoms with E-state index in [0.29, 0.717) is 13.3 Å². The van der Waals surface area contributed by atoms with Gasteiger partial charge in [0.05, 0.1) is 13.2 Å². The van der Waals surface area contributed by atoms with Crippen LogP contribution in [0.4, 0.5) is 13.6 Å². The second kappa shape index (κ2) is 11.9. The van der Waals surface area contributed by atoms with Gasteiger partial charge in [-0.25, -0.2) is 13.6 Å². The van der Waals surface area contributed by atoms with E-state index in [1.54, 1.807) is 20.8 Å². The van der Waals surface area contributed by atoms with Gasteiger partial charge in [-0.1, -0.05) is 34.6 Å². The maximum absolute atomic E-state index is 13.8. The third-order valence-corrected chi connectivity index (χ3v) is 6.86. The van der Waals surface area contributed by atoms with Gasteiger partial charge in [0.15, 0.2) is 0 Å². The number of alkyl carbamates (subject to hydrolysis) is 1. The molecule has 2 aliphatic rings. The zero-order chi connectivity index (χ0) is 29.1. The Balaban J connectivity index is 2.31. The van der Waals surface area contributed by atoms with Crippen molar-refractivity contribution in [2.24, 2.45) is 10.8 Å². The predicted molar refractivity (Wildman–Crippen MR) is 135 cm³/mol. The van der Waals surface area contributed by atoms with E-state index in [2.05, 4.69) is 20.7 Å². The van der Waals surface area contributed by atoms with E-state index >= 15 is 0 Å². The minimum atomic E-state index is -3.10. The number of carbonyl (C=O) groups is 5. The van der Waals surface area contributed by atoms with Crippen molar-refractivity contribution in [1.29, 1.82) is 0 Å². The zero-order valence-electron chi connectivity index (χ0n) is 23.4. The van der Waals surface area contributed by atoms with E-state index in [1.165, 1.54) is 12.0 Å². The smallest absolute Gasteiger partial charge is 0.407 e. The van der Waals surface area contributed by atoms with Crippen molar-refractivity contribution < 1.29 is 37.5 Å². The van der Waals surface area contributed by atoms with Gasteiger partial charge in [0, 0.05) is 19.0 Å². The number of nitrogens with zero attached hydrogens (tertiary/aromatic N) is 1. The highest BCUT2D eigenvalue weighted by atomic mass is 19.3. The van der Waals surface area contributed by atoms with E-state index in [0.717, 1.165) is 12.8 Å². The van der Waals surface area contributed by atoms with Crippen LogP contribution < -0.4 is 16.0 Å². The summed E-state index contributed by atoms with van der Waals surface area (Å²) in [6.07, 6.45) is 0.330. The van der Waals surface area contributed by atoms with Gasteiger partial charge in [0.2, 0.25) is 23.5 Å². The van der Waals surface area contributed by atoms with E-state index in [4.69, 9.17) is 0 Å². The lowest BCUT2D eigenvalue weighted by Gasteiger charge is -2.45. The highest BCUT2D eigenvalue weighted by Gasteiger charge is 2.45. The van der Waals surface area contributed by atoms with Gasteiger partial charge in [-0.2, -0.15) is 0 Å². The Morgan fingerprint density at radius 1 is 1.03 bits per heavy atom. The lowest BCUT2D eigenvalue weighted by atomic mass is 9.79. The normalized spacial score (nSPS) is 21.1. The molecule has 216 valence electrons. The quantitative estimate of drug-likeness (QED) is 0.362. The monoisotopic (exact) mass is 544 g/mol. The molecular weight excluding hydrogens is 502 g/mol. The SMILES string of the molecule is COC(=O)N[C@H](C(=O)N1CC(C)(C)CCC1C(=O)N[C@@H](CCC(C)(F)F)C(=O)C(=O)NC1CC1)C(C)(C)C. The molecule has 1 saturated carbocycles. The number of methoxy groups -OCH3 is 1. The van der Waals surface area contributed by atoms with Gasteiger partial charge >= 0.3 is 6.09 Å². The number of hydrogen-bond acceptors (Lipinski definition) is 6. The number of ether oxygens (including phenoxy) is 1. The second-order valence-corrected chi connectivity index (χ2v) is 12.4. The Bertz CT molecular complexity index is 924. The third kappa shape index (κ3) is 9.20. The molecule has 1 aliphatic carbocycles. The number of likely N-dealkylation sites (tertiary alicyclic amines) is 1. The Labute approximate surface area is 223 Å². The molecule has 3 atom stereocenters. The van der Waals surface area contributed by atoms with Crippen LogP contribution in [0, 0.1) is 10.8 Å². The van der Waals surface area contributed by atoms with E-state index < -0.39 is 71.9 Å². The van der Waals surface area contributed by atoms with Crippen molar-refractivity contribution in [1.82, 2.24) is 20.9 Å². The molecule has 0 bridgehead atoms. The van der Waals surface area contributed by atoms with Crippen molar-refractivity contribution in [3.05, 3.63) is 0 Å². The summed E-state index contributed by atoms with van der Waals surface area (Å²) in [4.78, 5) is 65.8. The molecular formula is C26H42F2N4O6. The van der Waals surface area contributed by atoms with Gasteiger partial charge in [0.1, 0.15) is 12.1 Å². The van der Waals surface area contributed by atoms with Crippen LogP contribution in [0.15, 0.2) is 0 Å². The van der Waals surface area contributed by atoms with Crippen molar-refractivity contribution in [3.8, 4) is 0 Å². The van der Waals surface area contributed by atoms with E-state index in [9.17, 15) is 32.8 Å². The fourth-order valence-electron chi connectivity index (χ4n) is 4.41. The van der Waals surface area contributed by atoms with Crippen LogP contribution in [0.5, 0.6) is 0 Å². The van der Waals surface area contributed by atoms with E-state index in [1.807, 2.05) is 13.8 Å². The Kier molecular flexibility index (Phi) is 9.88. The molecule has 2 fully saturated rings. The number of ketones is 1. The Hall–Kier alpha value is -2.79. The molecule has 0 aromatic rings. The number of carbonyl (C=O) groups excluding carboxylic acids is 5. The van der Waals surface area contributed by atoms with Crippen LogP contribution in [0.1, 0.15) is 80.1 Å². The highest BCUT2D eigenvalue weighted by molar-refractivity contribution is 6.38. The lowest BCUT2D eigenvalue weighted by molar-refractivity contribution is -0.150. The predicted octanol–water partition coefficient (Wildman–Crippen LogP) is 2.54. The standard InChI is InChI=1S/C26H42F2N4O6/c1-24(2,3)19(31-23(37)38-7)22(36)32-14-25(4,5)12-11-17(32)20(34)30-16(10-13-26(6,27)28)18(33)21(35)29-15-8-9-15/h15-17,19H,8-14H2,1-7H3,(H,29,35)(H,30,34)(H,31,37)/t16-,17?,19+/m0/s1. The van der Waals surface area contributed by atoms with Crippen LogP contribution in [0.3, 0.4) is 0 Å². The van der Waals surface area contributed by atoms with Gasteiger partial charge in [0.25, 0.3) is 5.91 Å². The van der Waals surface area contributed by atoms with Crippen molar-refractivity contribution in [2.45, 2.75) is 110 Å². The third-order valence-electron chi connectivity index (χ3n) is 6.86. The van der Waals surface area contributed by atoms with Crippen LogP contribution in [-0.4, -0.2) is 78.2 Å². The molecule has 1 heterocycles. The number of piperidine rings is 1. The zero-order valence-corrected chi connectivity index (χ0v) is 23.4. The Morgan fingerprint density at radius 3 is 2.13 bits per heavy atom. The van der Waals surface area contributed by atoms with Crippen LogP contribution in [0.25, 0.3) is 0 Å². The van der Waals surface area contributed by atoms with Gasteiger partial charge in [-0.05, 0) is 49.9 Å². The summed E-state index contributed by atoms with van der Waals surface area (Å²) in [7, 11) is 1.18. The molecule has 0 radical (unpaired) electrons. The number of alkyl halides is 2. The van der Waals surface area contributed by atoms with Crippen molar-refractivity contribution >= 4 is 29.6 Å². The molecule has 4 amide bonds. The number of halogens is 2. The average molecular weight is 545 g/mol. The summed E-state index contributed by atoms with van der Waals surface area (Å²) in [6, 6.07) is -3.64. The first kappa shape index (κ1) is 31.4.